The zero-order valence-corrected chi connectivity index (χ0v) is 11.7. The van der Waals surface area contributed by atoms with Gasteiger partial charge in [0.15, 0.2) is 0 Å². The van der Waals surface area contributed by atoms with Crippen LogP contribution in [0, 0.1) is 5.82 Å². The van der Waals surface area contributed by atoms with E-state index in [0.717, 1.165) is 12.1 Å². The third-order valence-corrected chi connectivity index (χ3v) is 3.33. The Morgan fingerprint density at radius 2 is 2.21 bits per heavy atom. The van der Waals surface area contributed by atoms with Crippen LogP contribution in [0.5, 0.6) is 0 Å². The predicted octanol–water partition coefficient (Wildman–Crippen LogP) is 3.41. The minimum Gasteiger partial charge on any atom is -0.336 e. The van der Waals surface area contributed by atoms with Crippen LogP contribution < -0.4 is 5.32 Å². The number of benzene rings is 1. The number of halogens is 2. The Morgan fingerprint density at radius 1 is 1.42 bits per heavy atom. The lowest BCUT2D eigenvalue weighted by atomic mass is 10.1. The van der Waals surface area contributed by atoms with E-state index in [9.17, 15) is 4.39 Å². The van der Waals surface area contributed by atoms with Gasteiger partial charge in [-0.05, 0) is 31.5 Å². The second kappa shape index (κ2) is 6.17. The Hall–Kier alpha value is -1.39. The molecule has 0 amide bonds. The molecule has 2 unspecified atom stereocenters. The SMILES string of the molecule is CC(Cn1ccnc1)NC(C)c1ccc(Cl)c(F)c1. The summed E-state index contributed by atoms with van der Waals surface area (Å²) >= 11 is 5.68. The predicted molar refractivity (Wildman–Crippen MR) is 74.6 cm³/mol. The smallest absolute Gasteiger partial charge is 0.142 e. The normalized spacial score (nSPS) is 14.3. The molecule has 0 spiro atoms. The third kappa shape index (κ3) is 3.78. The molecule has 1 aromatic heterocycles. The molecule has 0 fully saturated rings. The van der Waals surface area contributed by atoms with Gasteiger partial charge in [0.25, 0.3) is 0 Å². The number of hydrogen-bond acceptors (Lipinski definition) is 2. The molecule has 1 aromatic carbocycles. The van der Waals surface area contributed by atoms with Gasteiger partial charge in [-0.1, -0.05) is 17.7 Å². The van der Waals surface area contributed by atoms with Crippen molar-refractivity contribution in [3.05, 3.63) is 53.3 Å². The summed E-state index contributed by atoms with van der Waals surface area (Å²) in [6.45, 7) is 4.91. The summed E-state index contributed by atoms with van der Waals surface area (Å²) in [6.07, 6.45) is 5.46. The molecular weight excluding hydrogens is 265 g/mol. The Kier molecular flexibility index (Phi) is 4.56. The van der Waals surface area contributed by atoms with Gasteiger partial charge in [0.05, 0.1) is 11.3 Å². The van der Waals surface area contributed by atoms with Crippen molar-refractivity contribution in [1.29, 1.82) is 0 Å². The topological polar surface area (TPSA) is 29.9 Å². The summed E-state index contributed by atoms with van der Waals surface area (Å²) in [4.78, 5) is 4.00. The molecule has 2 rings (SSSR count). The quantitative estimate of drug-likeness (QED) is 0.910. The van der Waals surface area contributed by atoms with Crippen molar-refractivity contribution in [2.75, 3.05) is 0 Å². The van der Waals surface area contributed by atoms with Crippen LogP contribution in [-0.2, 0) is 6.54 Å². The average Bonchev–Trinajstić information content (AvgIpc) is 2.85. The zero-order valence-electron chi connectivity index (χ0n) is 11.0. The lowest BCUT2D eigenvalue weighted by Gasteiger charge is -2.21. The fourth-order valence-corrected chi connectivity index (χ4v) is 2.19. The van der Waals surface area contributed by atoms with Gasteiger partial charge in [-0.15, -0.1) is 0 Å². The highest BCUT2D eigenvalue weighted by atomic mass is 35.5. The highest BCUT2D eigenvalue weighted by molar-refractivity contribution is 6.30. The van der Waals surface area contributed by atoms with E-state index in [-0.39, 0.29) is 22.9 Å². The van der Waals surface area contributed by atoms with Crippen LogP contribution in [0.4, 0.5) is 4.39 Å². The maximum Gasteiger partial charge on any atom is 0.142 e. The lowest BCUT2D eigenvalue weighted by molar-refractivity contribution is 0.429. The summed E-state index contributed by atoms with van der Waals surface area (Å²) in [6, 6.07) is 5.22. The molecular formula is C14H17ClFN3. The molecule has 0 aliphatic heterocycles. The fraction of sp³-hybridized carbons (Fsp3) is 0.357. The molecule has 3 nitrogen and oxygen atoms in total. The van der Waals surface area contributed by atoms with E-state index in [0.29, 0.717) is 0 Å². The molecule has 0 saturated carbocycles. The van der Waals surface area contributed by atoms with Crippen LogP contribution >= 0.6 is 11.6 Å². The molecule has 2 atom stereocenters. The molecule has 0 aliphatic carbocycles. The molecule has 19 heavy (non-hydrogen) atoms. The van der Waals surface area contributed by atoms with Crippen molar-refractivity contribution in [1.82, 2.24) is 14.9 Å². The molecule has 0 radical (unpaired) electrons. The van der Waals surface area contributed by atoms with Gasteiger partial charge in [-0.2, -0.15) is 0 Å². The molecule has 102 valence electrons. The molecule has 0 bridgehead atoms. The maximum atomic E-state index is 13.4. The first-order chi connectivity index (χ1) is 9.06. The molecule has 2 aromatic rings. The first kappa shape index (κ1) is 14.0. The van der Waals surface area contributed by atoms with Gasteiger partial charge >= 0.3 is 0 Å². The second-order valence-corrected chi connectivity index (χ2v) is 5.13. The van der Waals surface area contributed by atoms with E-state index in [2.05, 4.69) is 17.2 Å². The van der Waals surface area contributed by atoms with Crippen LogP contribution in [0.15, 0.2) is 36.9 Å². The zero-order chi connectivity index (χ0) is 13.8. The van der Waals surface area contributed by atoms with Crippen molar-refractivity contribution < 1.29 is 4.39 Å². The molecule has 1 heterocycles. The Balaban J connectivity index is 1.96. The summed E-state index contributed by atoms with van der Waals surface area (Å²) in [5, 5.41) is 3.58. The highest BCUT2D eigenvalue weighted by Crippen LogP contribution is 2.20. The van der Waals surface area contributed by atoms with Gasteiger partial charge in [0.1, 0.15) is 5.82 Å². The van der Waals surface area contributed by atoms with Crippen LogP contribution in [0.25, 0.3) is 0 Å². The van der Waals surface area contributed by atoms with Gasteiger partial charge in [-0.3, -0.25) is 0 Å². The van der Waals surface area contributed by atoms with Crippen molar-refractivity contribution in [3.63, 3.8) is 0 Å². The van der Waals surface area contributed by atoms with Gasteiger partial charge in [0.2, 0.25) is 0 Å². The Morgan fingerprint density at radius 3 is 2.84 bits per heavy atom. The molecule has 0 saturated heterocycles. The standard InChI is InChI=1S/C14H17ClFN3/c1-10(8-19-6-5-17-9-19)18-11(2)12-3-4-13(15)14(16)7-12/h3-7,9-11,18H,8H2,1-2H3. The van der Waals surface area contributed by atoms with Crippen molar-refractivity contribution in [3.8, 4) is 0 Å². The summed E-state index contributed by atoms with van der Waals surface area (Å²) in [5.41, 5.74) is 0.888. The van der Waals surface area contributed by atoms with Gasteiger partial charge in [0, 0.05) is 31.0 Å². The maximum absolute atomic E-state index is 13.4. The minimum absolute atomic E-state index is 0.0605. The number of imidazole rings is 1. The summed E-state index contributed by atoms with van der Waals surface area (Å²) in [5.74, 6) is -0.380. The number of hydrogen-bond donors (Lipinski definition) is 1. The lowest BCUT2D eigenvalue weighted by Crippen LogP contribution is -2.32. The monoisotopic (exact) mass is 281 g/mol. The summed E-state index contributed by atoms with van der Waals surface area (Å²) < 4.78 is 15.4. The van der Waals surface area contributed by atoms with Gasteiger partial charge < -0.3 is 9.88 Å². The van der Waals surface area contributed by atoms with E-state index in [4.69, 9.17) is 11.6 Å². The van der Waals surface area contributed by atoms with Crippen LogP contribution in [0.2, 0.25) is 5.02 Å². The van der Waals surface area contributed by atoms with Crippen LogP contribution in [0.1, 0.15) is 25.5 Å². The number of nitrogens with zero attached hydrogens (tertiary/aromatic N) is 2. The molecule has 0 aliphatic rings. The third-order valence-electron chi connectivity index (χ3n) is 3.02. The largest absolute Gasteiger partial charge is 0.336 e. The number of nitrogens with one attached hydrogen (secondary N) is 1. The summed E-state index contributed by atoms with van der Waals surface area (Å²) in [7, 11) is 0. The van der Waals surface area contributed by atoms with E-state index >= 15 is 0 Å². The van der Waals surface area contributed by atoms with E-state index in [1.54, 1.807) is 18.6 Å². The van der Waals surface area contributed by atoms with Crippen LogP contribution in [0.3, 0.4) is 0 Å². The van der Waals surface area contributed by atoms with Gasteiger partial charge in [-0.25, -0.2) is 9.37 Å². The molecule has 1 N–H and O–H groups in total. The second-order valence-electron chi connectivity index (χ2n) is 4.72. The van der Waals surface area contributed by atoms with Crippen molar-refractivity contribution in [2.45, 2.75) is 32.5 Å². The number of rotatable bonds is 5. The number of aromatic nitrogens is 2. The van der Waals surface area contributed by atoms with E-state index in [1.165, 1.54) is 6.07 Å². The average molecular weight is 282 g/mol. The first-order valence-corrected chi connectivity index (χ1v) is 6.61. The van der Waals surface area contributed by atoms with Crippen LogP contribution in [-0.4, -0.2) is 15.6 Å². The Labute approximate surface area is 117 Å². The fourth-order valence-electron chi connectivity index (χ4n) is 2.07. The first-order valence-electron chi connectivity index (χ1n) is 6.23. The van der Waals surface area contributed by atoms with E-state index < -0.39 is 0 Å². The van der Waals surface area contributed by atoms with E-state index in [1.807, 2.05) is 23.8 Å². The van der Waals surface area contributed by atoms with Crippen molar-refractivity contribution >= 4 is 11.6 Å². The molecule has 5 heteroatoms. The highest BCUT2D eigenvalue weighted by Gasteiger charge is 2.11. The minimum atomic E-state index is -0.380. The Bertz CT molecular complexity index is 527. The van der Waals surface area contributed by atoms with Crippen molar-refractivity contribution in [2.24, 2.45) is 0 Å².